The Bertz CT molecular complexity index is 277. The molecule has 0 aliphatic rings. The van der Waals surface area contributed by atoms with Crippen LogP contribution in [0.1, 0.15) is 0 Å². The van der Waals surface area contributed by atoms with Crippen LogP contribution in [0.15, 0.2) is 6.20 Å². The number of aromatic nitrogens is 2. The third-order valence-electron chi connectivity index (χ3n) is 1.35. The highest BCUT2D eigenvalue weighted by atomic mass is 35.5. The first-order valence-corrected chi connectivity index (χ1v) is 3.77. The van der Waals surface area contributed by atoms with Gasteiger partial charge in [0.1, 0.15) is 0 Å². The normalized spacial score (nSPS) is 9.67. The molecule has 1 rings (SSSR count). The average molecular weight is 188 g/mol. The number of methoxy groups -OCH3 is 1. The molecule has 1 aromatic heterocycles. The zero-order valence-electron chi connectivity index (χ0n) is 7.21. The second-order valence-electron chi connectivity index (χ2n) is 2.43. The molecule has 0 radical (unpaired) electrons. The standard InChI is InChI=1S/C7H10ClN3O/c1-11(2)6-5(12-3)4-9-7(8)10-6/h4H,1-3H3. The van der Waals surface area contributed by atoms with Crippen LogP contribution in [-0.4, -0.2) is 31.2 Å². The topological polar surface area (TPSA) is 38.3 Å². The summed E-state index contributed by atoms with van der Waals surface area (Å²) < 4.78 is 5.04. The van der Waals surface area contributed by atoms with Gasteiger partial charge in [0, 0.05) is 14.1 Å². The largest absolute Gasteiger partial charge is 0.491 e. The first-order chi connectivity index (χ1) is 5.65. The average Bonchev–Trinajstić information content (AvgIpc) is 2.04. The van der Waals surface area contributed by atoms with E-state index in [-0.39, 0.29) is 5.28 Å². The Morgan fingerprint density at radius 2 is 2.17 bits per heavy atom. The van der Waals surface area contributed by atoms with Gasteiger partial charge in [-0.3, -0.25) is 0 Å². The number of rotatable bonds is 2. The number of anilines is 1. The van der Waals surface area contributed by atoms with Crippen molar-refractivity contribution in [1.82, 2.24) is 9.97 Å². The molecule has 0 saturated heterocycles. The maximum atomic E-state index is 5.61. The monoisotopic (exact) mass is 187 g/mol. The zero-order chi connectivity index (χ0) is 9.14. The van der Waals surface area contributed by atoms with Gasteiger partial charge in [0.25, 0.3) is 0 Å². The van der Waals surface area contributed by atoms with Gasteiger partial charge in [-0.15, -0.1) is 0 Å². The van der Waals surface area contributed by atoms with Gasteiger partial charge in [-0.2, -0.15) is 4.98 Å². The number of halogens is 1. The smallest absolute Gasteiger partial charge is 0.224 e. The molecule has 0 spiro atoms. The molecular weight excluding hydrogens is 178 g/mol. The van der Waals surface area contributed by atoms with Gasteiger partial charge in [0.15, 0.2) is 11.6 Å². The first-order valence-electron chi connectivity index (χ1n) is 3.39. The highest BCUT2D eigenvalue weighted by Gasteiger charge is 2.07. The van der Waals surface area contributed by atoms with Crippen LogP contribution in [-0.2, 0) is 0 Å². The van der Waals surface area contributed by atoms with Crippen molar-refractivity contribution < 1.29 is 4.74 Å². The van der Waals surface area contributed by atoms with Crippen molar-refractivity contribution in [2.24, 2.45) is 0 Å². The van der Waals surface area contributed by atoms with Crippen LogP contribution < -0.4 is 9.64 Å². The van der Waals surface area contributed by atoms with Crippen LogP contribution >= 0.6 is 11.6 Å². The minimum Gasteiger partial charge on any atom is -0.491 e. The summed E-state index contributed by atoms with van der Waals surface area (Å²) in [5.41, 5.74) is 0. The molecule has 0 bridgehead atoms. The molecule has 0 atom stereocenters. The van der Waals surface area contributed by atoms with Crippen molar-refractivity contribution in [3.8, 4) is 5.75 Å². The van der Waals surface area contributed by atoms with Crippen LogP contribution in [0.3, 0.4) is 0 Å². The van der Waals surface area contributed by atoms with E-state index >= 15 is 0 Å². The Balaban J connectivity index is 3.12. The Morgan fingerprint density at radius 1 is 1.50 bits per heavy atom. The molecule has 4 nitrogen and oxygen atoms in total. The third kappa shape index (κ3) is 1.76. The van der Waals surface area contributed by atoms with Gasteiger partial charge in [-0.05, 0) is 11.6 Å². The van der Waals surface area contributed by atoms with E-state index in [2.05, 4.69) is 9.97 Å². The molecule has 0 saturated carbocycles. The van der Waals surface area contributed by atoms with Gasteiger partial charge in [-0.25, -0.2) is 4.98 Å². The predicted octanol–water partition coefficient (Wildman–Crippen LogP) is 1.20. The lowest BCUT2D eigenvalue weighted by atomic mass is 10.5. The van der Waals surface area contributed by atoms with E-state index in [1.807, 2.05) is 19.0 Å². The maximum Gasteiger partial charge on any atom is 0.224 e. The lowest BCUT2D eigenvalue weighted by Crippen LogP contribution is -2.12. The molecule has 66 valence electrons. The van der Waals surface area contributed by atoms with Gasteiger partial charge >= 0.3 is 0 Å². The molecule has 1 aromatic rings. The number of hydrogen-bond donors (Lipinski definition) is 0. The molecule has 12 heavy (non-hydrogen) atoms. The zero-order valence-corrected chi connectivity index (χ0v) is 7.96. The van der Waals surface area contributed by atoms with Crippen LogP contribution in [0.2, 0.25) is 5.28 Å². The van der Waals surface area contributed by atoms with Gasteiger partial charge in [0.2, 0.25) is 5.28 Å². The quantitative estimate of drug-likeness (QED) is 0.653. The summed E-state index contributed by atoms with van der Waals surface area (Å²) in [6.07, 6.45) is 1.55. The van der Waals surface area contributed by atoms with Crippen molar-refractivity contribution in [1.29, 1.82) is 0 Å². The van der Waals surface area contributed by atoms with Crippen molar-refractivity contribution in [3.05, 3.63) is 11.5 Å². The van der Waals surface area contributed by atoms with E-state index in [0.717, 1.165) is 0 Å². The second kappa shape index (κ2) is 3.58. The van der Waals surface area contributed by atoms with E-state index in [9.17, 15) is 0 Å². The van der Waals surface area contributed by atoms with Gasteiger partial charge < -0.3 is 9.64 Å². The van der Waals surface area contributed by atoms with Crippen LogP contribution in [0, 0.1) is 0 Å². The summed E-state index contributed by atoms with van der Waals surface area (Å²) in [5, 5.41) is 0.222. The van der Waals surface area contributed by atoms with Crippen molar-refractivity contribution in [3.63, 3.8) is 0 Å². The second-order valence-corrected chi connectivity index (χ2v) is 2.76. The Labute approximate surface area is 76.1 Å². The summed E-state index contributed by atoms with van der Waals surface area (Å²) in [6.45, 7) is 0. The molecule has 0 fully saturated rings. The molecule has 0 aliphatic heterocycles. The number of nitrogens with zero attached hydrogens (tertiary/aromatic N) is 3. The fraction of sp³-hybridized carbons (Fsp3) is 0.429. The van der Waals surface area contributed by atoms with E-state index in [1.165, 1.54) is 0 Å². The van der Waals surface area contributed by atoms with Gasteiger partial charge in [-0.1, -0.05) is 0 Å². The van der Waals surface area contributed by atoms with E-state index in [1.54, 1.807) is 13.3 Å². The maximum absolute atomic E-state index is 5.61. The Kier molecular flexibility index (Phi) is 2.70. The van der Waals surface area contributed by atoms with Crippen LogP contribution in [0.5, 0.6) is 5.75 Å². The molecule has 0 aliphatic carbocycles. The summed E-state index contributed by atoms with van der Waals surface area (Å²) in [5.74, 6) is 1.29. The van der Waals surface area contributed by atoms with Crippen molar-refractivity contribution >= 4 is 17.4 Å². The minimum absolute atomic E-state index is 0.222. The van der Waals surface area contributed by atoms with Crippen molar-refractivity contribution in [2.75, 3.05) is 26.1 Å². The Morgan fingerprint density at radius 3 is 2.67 bits per heavy atom. The molecule has 0 unspecified atom stereocenters. The summed E-state index contributed by atoms with van der Waals surface area (Å²) in [7, 11) is 5.29. The lowest BCUT2D eigenvalue weighted by Gasteiger charge is -2.14. The fourth-order valence-electron chi connectivity index (χ4n) is 0.805. The molecule has 0 amide bonds. The number of ether oxygens (including phenoxy) is 1. The van der Waals surface area contributed by atoms with E-state index < -0.39 is 0 Å². The predicted molar refractivity (Wildman–Crippen MR) is 47.9 cm³/mol. The van der Waals surface area contributed by atoms with Gasteiger partial charge in [0.05, 0.1) is 13.3 Å². The van der Waals surface area contributed by atoms with Crippen molar-refractivity contribution in [2.45, 2.75) is 0 Å². The van der Waals surface area contributed by atoms with E-state index in [0.29, 0.717) is 11.6 Å². The molecular formula is C7H10ClN3O. The first kappa shape index (κ1) is 9.06. The summed E-state index contributed by atoms with van der Waals surface area (Å²) in [4.78, 5) is 9.61. The lowest BCUT2D eigenvalue weighted by molar-refractivity contribution is 0.411. The fourth-order valence-corrected chi connectivity index (χ4v) is 0.934. The SMILES string of the molecule is COc1cnc(Cl)nc1N(C)C. The summed E-state index contributed by atoms with van der Waals surface area (Å²) in [6, 6.07) is 0. The summed E-state index contributed by atoms with van der Waals surface area (Å²) >= 11 is 5.61. The minimum atomic E-state index is 0.222. The van der Waals surface area contributed by atoms with Crippen LogP contribution in [0.4, 0.5) is 5.82 Å². The molecule has 0 N–H and O–H groups in total. The van der Waals surface area contributed by atoms with E-state index in [4.69, 9.17) is 16.3 Å². The van der Waals surface area contributed by atoms with Crippen LogP contribution in [0.25, 0.3) is 0 Å². The molecule has 5 heteroatoms. The molecule has 1 heterocycles. The molecule has 0 aromatic carbocycles. The number of hydrogen-bond acceptors (Lipinski definition) is 4. The highest BCUT2D eigenvalue weighted by molar-refractivity contribution is 6.28. The highest BCUT2D eigenvalue weighted by Crippen LogP contribution is 2.23. The third-order valence-corrected chi connectivity index (χ3v) is 1.53. The Hall–Kier alpha value is -1.03.